The van der Waals surface area contributed by atoms with Crippen molar-refractivity contribution in [3.05, 3.63) is 27.7 Å². The van der Waals surface area contributed by atoms with E-state index in [1.807, 2.05) is 0 Å². The number of halogens is 4. The number of ether oxygens (including phenoxy) is 1. The van der Waals surface area contributed by atoms with Gasteiger partial charge in [-0.05, 0) is 31.9 Å². The molecule has 1 fully saturated rings. The van der Waals surface area contributed by atoms with Crippen LogP contribution in [0.5, 0.6) is 0 Å². The minimum absolute atomic E-state index is 0.160. The first-order valence-corrected chi connectivity index (χ1v) is 7.46. The smallest absolute Gasteiger partial charge is 0.418 e. The van der Waals surface area contributed by atoms with Gasteiger partial charge in [0.1, 0.15) is 6.61 Å². The largest absolute Gasteiger partial charge is 0.444 e. The highest BCUT2D eigenvalue weighted by atomic mass is 79.9. The molecule has 0 bridgehead atoms. The molecule has 0 saturated heterocycles. The zero-order valence-corrected chi connectivity index (χ0v) is 13.2. The number of benzene rings is 1. The van der Waals surface area contributed by atoms with Crippen molar-refractivity contribution in [2.45, 2.75) is 44.2 Å². The molecule has 1 aliphatic carbocycles. The summed E-state index contributed by atoms with van der Waals surface area (Å²) in [6.07, 6.45) is -4.96. The second kappa shape index (κ2) is 4.86. The molecule has 0 atom stereocenters. The molecule has 1 aromatic rings. The molecule has 8 heteroatoms. The average Bonchev–Trinajstić information content (AvgIpc) is 2.34. The number of alkyl halides is 3. The Balaban J connectivity index is 2.11. The molecule has 1 aliphatic heterocycles. The maximum atomic E-state index is 13.3. The Hall–Kier alpha value is -1.28. The van der Waals surface area contributed by atoms with Crippen molar-refractivity contribution in [3.63, 3.8) is 0 Å². The quantitative estimate of drug-likeness (QED) is 0.806. The zero-order chi connectivity index (χ0) is 16.3. The van der Waals surface area contributed by atoms with Gasteiger partial charge in [0.2, 0.25) is 0 Å². The lowest BCUT2D eigenvalue weighted by Crippen LogP contribution is -2.57. The highest BCUT2D eigenvalue weighted by Gasteiger charge is 2.48. The number of carbonyl (C=O) groups is 1. The van der Waals surface area contributed by atoms with Crippen LogP contribution in [0.2, 0.25) is 0 Å². The maximum absolute atomic E-state index is 13.3. The summed E-state index contributed by atoms with van der Waals surface area (Å²) in [5, 5.41) is 9.81. The van der Waals surface area contributed by atoms with Gasteiger partial charge in [0.25, 0.3) is 0 Å². The van der Waals surface area contributed by atoms with E-state index >= 15 is 0 Å². The first kappa shape index (κ1) is 15.6. The molecule has 2 aliphatic rings. The second-order valence-electron chi connectivity index (χ2n) is 5.94. The van der Waals surface area contributed by atoms with Crippen LogP contribution in [0.4, 0.5) is 23.7 Å². The van der Waals surface area contributed by atoms with Crippen LogP contribution < -0.4 is 4.90 Å². The van der Waals surface area contributed by atoms with Crippen LogP contribution in [0, 0.1) is 0 Å². The Morgan fingerprint density at radius 3 is 2.59 bits per heavy atom. The van der Waals surface area contributed by atoms with Gasteiger partial charge in [0.15, 0.2) is 0 Å². The lowest BCUT2D eigenvalue weighted by Gasteiger charge is -2.48. The predicted octanol–water partition coefficient (Wildman–Crippen LogP) is 3.84. The molecule has 1 amide bonds. The van der Waals surface area contributed by atoms with Crippen LogP contribution >= 0.6 is 15.9 Å². The zero-order valence-electron chi connectivity index (χ0n) is 11.6. The minimum atomic E-state index is -4.59. The van der Waals surface area contributed by atoms with Crippen LogP contribution in [0.1, 0.15) is 30.9 Å². The molecule has 0 spiro atoms. The van der Waals surface area contributed by atoms with E-state index in [-0.39, 0.29) is 29.6 Å². The highest BCUT2D eigenvalue weighted by molar-refractivity contribution is 9.10. The van der Waals surface area contributed by atoms with Gasteiger partial charge >= 0.3 is 12.3 Å². The summed E-state index contributed by atoms with van der Waals surface area (Å²) >= 11 is 3.06. The van der Waals surface area contributed by atoms with Gasteiger partial charge in [0.05, 0.1) is 16.9 Å². The Labute approximate surface area is 133 Å². The molecule has 0 radical (unpaired) electrons. The summed E-state index contributed by atoms with van der Waals surface area (Å²) in [4.78, 5) is 13.0. The molecule has 1 saturated carbocycles. The molecule has 1 heterocycles. The molecular weight excluding hydrogens is 367 g/mol. The fraction of sp³-hybridized carbons (Fsp3) is 0.500. The molecule has 1 aromatic carbocycles. The van der Waals surface area contributed by atoms with Crippen molar-refractivity contribution >= 4 is 27.7 Å². The minimum Gasteiger partial charge on any atom is -0.444 e. The van der Waals surface area contributed by atoms with Gasteiger partial charge < -0.3 is 9.84 Å². The van der Waals surface area contributed by atoms with Crippen LogP contribution in [0.25, 0.3) is 0 Å². The predicted molar refractivity (Wildman–Crippen MR) is 75.5 cm³/mol. The topological polar surface area (TPSA) is 49.8 Å². The Morgan fingerprint density at radius 2 is 2.05 bits per heavy atom. The summed E-state index contributed by atoms with van der Waals surface area (Å²) in [5.74, 6) is 0. The highest BCUT2D eigenvalue weighted by Crippen LogP contribution is 2.47. The molecule has 1 N–H and O–H groups in total. The fourth-order valence-corrected chi connectivity index (χ4v) is 3.54. The summed E-state index contributed by atoms with van der Waals surface area (Å²) in [6.45, 7) is 1.39. The summed E-state index contributed by atoms with van der Waals surface area (Å²) < 4.78 is 45.3. The number of rotatable bonds is 1. The number of cyclic esters (lactones) is 1. The van der Waals surface area contributed by atoms with Crippen molar-refractivity contribution in [2.75, 3.05) is 4.90 Å². The Morgan fingerprint density at radius 1 is 1.41 bits per heavy atom. The third-order valence-electron chi connectivity index (χ3n) is 3.96. The molecule has 22 heavy (non-hydrogen) atoms. The van der Waals surface area contributed by atoms with Crippen LogP contribution in [-0.2, 0) is 17.5 Å². The molecular formula is C14H13BrF3NO3. The summed E-state index contributed by atoms with van der Waals surface area (Å²) in [6, 6.07) is 1.98. The number of hydrogen-bond donors (Lipinski definition) is 1. The van der Waals surface area contributed by atoms with Crippen molar-refractivity contribution < 1.29 is 27.8 Å². The first-order chi connectivity index (χ1) is 10.1. The van der Waals surface area contributed by atoms with E-state index in [2.05, 4.69) is 15.9 Å². The molecule has 3 rings (SSSR count). The van der Waals surface area contributed by atoms with E-state index in [0.29, 0.717) is 5.56 Å². The standard InChI is InChI=1S/C14H13BrF3NO3/c1-13(21)4-9(5-13)19-11-7(6-22-12(19)20)2-8(15)3-10(11)14(16,17)18/h2-3,9,21H,4-6H2,1H3. The molecule has 0 aromatic heterocycles. The van der Waals surface area contributed by atoms with E-state index < -0.39 is 29.5 Å². The SMILES string of the molecule is CC1(O)CC(N2C(=O)OCc3cc(Br)cc(C(F)(F)F)c32)C1. The number of nitrogens with zero attached hydrogens (tertiary/aromatic N) is 1. The van der Waals surface area contributed by atoms with E-state index in [1.165, 1.54) is 6.07 Å². The third kappa shape index (κ3) is 2.58. The van der Waals surface area contributed by atoms with E-state index in [0.717, 1.165) is 11.0 Å². The van der Waals surface area contributed by atoms with Gasteiger partial charge in [-0.3, -0.25) is 4.90 Å². The number of amides is 1. The molecule has 4 nitrogen and oxygen atoms in total. The van der Waals surface area contributed by atoms with Crippen LogP contribution in [-0.4, -0.2) is 22.8 Å². The van der Waals surface area contributed by atoms with Crippen molar-refractivity contribution in [2.24, 2.45) is 0 Å². The van der Waals surface area contributed by atoms with E-state index in [1.54, 1.807) is 6.92 Å². The van der Waals surface area contributed by atoms with Crippen LogP contribution in [0.15, 0.2) is 16.6 Å². The van der Waals surface area contributed by atoms with Gasteiger partial charge in [-0.15, -0.1) is 0 Å². The van der Waals surface area contributed by atoms with Gasteiger partial charge in [-0.2, -0.15) is 13.2 Å². The lowest BCUT2D eigenvalue weighted by atomic mass is 9.76. The van der Waals surface area contributed by atoms with Crippen molar-refractivity contribution in [3.8, 4) is 0 Å². The van der Waals surface area contributed by atoms with E-state index in [9.17, 15) is 23.1 Å². The van der Waals surface area contributed by atoms with Crippen molar-refractivity contribution in [1.29, 1.82) is 0 Å². The summed E-state index contributed by atoms with van der Waals surface area (Å²) in [7, 11) is 0. The lowest BCUT2D eigenvalue weighted by molar-refractivity contribution is -0.137. The van der Waals surface area contributed by atoms with Gasteiger partial charge in [-0.25, -0.2) is 4.79 Å². The number of anilines is 1. The van der Waals surface area contributed by atoms with Crippen LogP contribution in [0.3, 0.4) is 0 Å². The van der Waals surface area contributed by atoms with Gasteiger partial charge in [-0.1, -0.05) is 15.9 Å². The number of aliphatic hydroxyl groups is 1. The third-order valence-corrected chi connectivity index (χ3v) is 4.42. The number of carbonyl (C=O) groups excluding carboxylic acids is 1. The Bertz CT molecular complexity index is 637. The fourth-order valence-electron chi connectivity index (χ4n) is 3.04. The molecule has 0 unspecified atom stereocenters. The monoisotopic (exact) mass is 379 g/mol. The first-order valence-electron chi connectivity index (χ1n) is 6.66. The van der Waals surface area contributed by atoms with Gasteiger partial charge in [0, 0.05) is 16.1 Å². The van der Waals surface area contributed by atoms with E-state index in [4.69, 9.17) is 4.74 Å². The number of fused-ring (bicyclic) bond motifs is 1. The molecule has 120 valence electrons. The van der Waals surface area contributed by atoms with Crippen molar-refractivity contribution in [1.82, 2.24) is 0 Å². The second-order valence-corrected chi connectivity index (χ2v) is 6.86. The maximum Gasteiger partial charge on any atom is 0.418 e. The Kier molecular flexibility index (Phi) is 3.45. The number of hydrogen-bond acceptors (Lipinski definition) is 3. The average molecular weight is 380 g/mol. The summed E-state index contributed by atoms with van der Waals surface area (Å²) in [5.41, 5.74) is -1.70. The normalized spacial score (nSPS) is 28.0.